The molecule has 3 fully saturated rings. The molecule has 0 radical (unpaired) electrons. The molecule has 0 atom stereocenters. The molecule has 0 amide bonds. The first kappa shape index (κ1) is 26.0. The average molecular weight is 535 g/mol. The van der Waals surface area contributed by atoms with Crippen molar-refractivity contribution in [3.05, 3.63) is 30.6 Å². The highest BCUT2D eigenvalue weighted by molar-refractivity contribution is 5.91. The summed E-state index contributed by atoms with van der Waals surface area (Å²) in [5.41, 5.74) is 1.91. The van der Waals surface area contributed by atoms with E-state index in [9.17, 15) is 0 Å². The third-order valence-corrected chi connectivity index (χ3v) is 7.86. The lowest BCUT2D eigenvalue weighted by molar-refractivity contribution is 0.0219. The van der Waals surface area contributed by atoms with Crippen molar-refractivity contribution in [3.8, 4) is 6.01 Å². The lowest BCUT2D eigenvalue weighted by atomic mass is 10.0. The van der Waals surface area contributed by atoms with E-state index in [1.165, 1.54) is 12.8 Å². The Kier molecular flexibility index (Phi) is 7.89. The molecule has 39 heavy (non-hydrogen) atoms. The molecule has 11 heteroatoms. The van der Waals surface area contributed by atoms with Crippen molar-refractivity contribution < 1.29 is 14.2 Å². The number of hydrogen-bond acceptors (Lipinski definition) is 11. The Morgan fingerprint density at radius 3 is 2.31 bits per heavy atom. The maximum Gasteiger partial charge on any atom is 0.319 e. The van der Waals surface area contributed by atoms with Gasteiger partial charge in [-0.2, -0.15) is 9.97 Å². The second-order valence-electron chi connectivity index (χ2n) is 10.7. The summed E-state index contributed by atoms with van der Waals surface area (Å²) in [6.45, 7) is 6.37. The van der Waals surface area contributed by atoms with E-state index in [-0.39, 0.29) is 6.10 Å². The van der Waals surface area contributed by atoms with E-state index in [4.69, 9.17) is 24.2 Å². The first-order valence-corrected chi connectivity index (χ1v) is 14.0. The Morgan fingerprint density at radius 1 is 0.846 bits per heavy atom. The number of morpholine rings is 1. The van der Waals surface area contributed by atoms with Crippen molar-refractivity contribution in [3.63, 3.8) is 0 Å². The van der Waals surface area contributed by atoms with Crippen LogP contribution in [0.4, 0.5) is 23.1 Å². The predicted molar refractivity (Wildman–Crippen MR) is 151 cm³/mol. The molecule has 11 nitrogen and oxygen atoms in total. The Labute approximate surface area is 229 Å². The van der Waals surface area contributed by atoms with Gasteiger partial charge >= 0.3 is 6.01 Å². The summed E-state index contributed by atoms with van der Waals surface area (Å²) in [5.74, 6) is 2.30. The van der Waals surface area contributed by atoms with Crippen molar-refractivity contribution >= 4 is 34.0 Å². The second-order valence-corrected chi connectivity index (χ2v) is 10.7. The molecule has 0 aromatic carbocycles. The number of rotatable bonds is 7. The minimum Gasteiger partial charge on any atom is -0.460 e. The van der Waals surface area contributed by atoms with Crippen LogP contribution in [0.15, 0.2) is 30.6 Å². The zero-order chi connectivity index (χ0) is 26.6. The van der Waals surface area contributed by atoms with E-state index in [1.807, 2.05) is 18.3 Å². The van der Waals surface area contributed by atoms with Crippen LogP contribution in [0, 0.1) is 0 Å². The molecule has 0 spiro atoms. The van der Waals surface area contributed by atoms with Gasteiger partial charge in [-0.1, -0.05) is 0 Å². The van der Waals surface area contributed by atoms with Crippen molar-refractivity contribution in [1.29, 1.82) is 0 Å². The van der Waals surface area contributed by atoms with Gasteiger partial charge in [0.25, 0.3) is 0 Å². The van der Waals surface area contributed by atoms with Gasteiger partial charge in [-0.05, 0) is 45.1 Å². The second kappa shape index (κ2) is 11.8. The Hall–Kier alpha value is -3.28. The number of anilines is 4. The van der Waals surface area contributed by atoms with Gasteiger partial charge in [0.2, 0.25) is 0 Å². The van der Waals surface area contributed by atoms with Crippen LogP contribution in [-0.2, 0) is 9.47 Å². The van der Waals surface area contributed by atoms with Crippen molar-refractivity contribution in [2.75, 3.05) is 81.8 Å². The quantitative estimate of drug-likeness (QED) is 0.484. The summed E-state index contributed by atoms with van der Waals surface area (Å²) >= 11 is 0. The highest BCUT2D eigenvalue weighted by atomic mass is 16.5. The van der Waals surface area contributed by atoms with Crippen LogP contribution >= 0.6 is 0 Å². The van der Waals surface area contributed by atoms with E-state index < -0.39 is 0 Å². The van der Waals surface area contributed by atoms with Crippen LogP contribution in [0.1, 0.15) is 25.7 Å². The molecule has 208 valence electrons. The van der Waals surface area contributed by atoms with Crippen molar-refractivity contribution in [1.82, 2.24) is 24.8 Å². The van der Waals surface area contributed by atoms with E-state index in [2.05, 4.69) is 50.1 Å². The number of nitrogens with one attached hydrogen (secondary N) is 1. The van der Waals surface area contributed by atoms with Gasteiger partial charge in [0.1, 0.15) is 23.6 Å². The molecule has 3 aliphatic heterocycles. The highest BCUT2D eigenvalue weighted by Gasteiger charge is 2.23. The molecule has 6 heterocycles. The minimum absolute atomic E-state index is 0.0658. The maximum absolute atomic E-state index is 6.18. The lowest BCUT2D eigenvalue weighted by Gasteiger charge is -2.36. The first-order chi connectivity index (χ1) is 19.1. The smallest absolute Gasteiger partial charge is 0.319 e. The summed E-state index contributed by atoms with van der Waals surface area (Å²) in [4.78, 5) is 25.9. The van der Waals surface area contributed by atoms with E-state index >= 15 is 0 Å². The molecule has 3 aromatic heterocycles. The molecule has 3 aliphatic rings. The monoisotopic (exact) mass is 534 g/mol. The Balaban J connectivity index is 1.20. The fourth-order valence-electron chi connectivity index (χ4n) is 5.49. The van der Waals surface area contributed by atoms with Crippen LogP contribution in [0.2, 0.25) is 0 Å². The zero-order valence-electron chi connectivity index (χ0n) is 22.9. The Morgan fingerprint density at radius 2 is 1.59 bits per heavy atom. The molecule has 0 saturated carbocycles. The topological polar surface area (TPSA) is 101 Å². The van der Waals surface area contributed by atoms with Gasteiger partial charge in [-0.3, -0.25) is 0 Å². The highest BCUT2D eigenvalue weighted by Crippen LogP contribution is 2.30. The number of fused-ring (bicyclic) bond motifs is 1. The standard InChI is InChI=1S/C28H38N8O3/c1-34(2)20-5-9-35(10-6-20)21-3-4-25(29-18-21)32-26-17-23-24(19-30-26)31-28(39-22-7-13-37-14-8-22)33-27(23)36-11-15-38-16-12-36/h3-4,17-20,22H,5-16H2,1-2H3,(H,29,30,32). The predicted octanol–water partition coefficient (Wildman–Crippen LogP) is 3.09. The molecule has 0 unspecified atom stereocenters. The maximum atomic E-state index is 6.18. The van der Waals surface area contributed by atoms with Crippen LogP contribution in [-0.4, -0.2) is 104 Å². The van der Waals surface area contributed by atoms with Crippen LogP contribution < -0.4 is 19.9 Å². The minimum atomic E-state index is 0.0658. The van der Waals surface area contributed by atoms with Crippen molar-refractivity contribution in [2.24, 2.45) is 0 Å². The number of nitrogens with zero attached hydrogens (tertiary/aromatic N) is 7. The van der Waals surface area contributed by atoms with Gasteiger partial charge in [-0.15, -0.1) is 0 Å². The van der Waals surface area contributed by atoms with Gasteiger partial charge in [0, 0.05) is 50.4 Å². The lowest BCUT2D eigenvalue weighted by Crippen LogP contribution is -2.42. The molecular weight excluding hydrogens is 496 g/mol. The largest absolute Gasteiger partial charge is 0.460 e. The van der Waals surface area contributed by atoms with Gasteiger partial charge in [-0.25, -0.2) is 9.97 Å². The zero-order valence-corrected chi connectivity index (χ0v) is 22.9. The molecule has 0 bridgehead atoms. The third kappa shape index (κ3) is 6.15. The first-order valence-electron chi connectivity index (χ1n) is 14.0. The average Bonchev–Trinajstić information content (AvgIpc) is 2.98. The molecular formula is C28H38N8O3. The Bertz CT molecular complexity index is 1240. The van der Waals surface area contributed by atoms with Crippen molar-refractivity contribution in [2.45, 2.75) is 37.8 Å². The SMILES string of the molecule is CN(C)C1CCN(c2ccc(Nc3cc4c(N5CCOCC5)nc(OC5CCOCC5)nc4cn3)nc2)CC1. The van der Waals surface area contributed by atoms with Gasteiger partial charge in [0.15, 0.2) is 0 Å². The number of hydrogen-bond donors (Lipinski definition) is 1. The molecule has 1 N–H and O–H groups in total. The number of ether oxygens (including phenoxy) is 3. The summed E-state index contributed by atoms with van der Waals surface area (Å²) in [7, 11) is 4.33. The van der Waals surface area contributed by atoms with Crippen LogP contribution in [0.5, 0.6) is 6.01 Å². The summed E-state index contributed by atoms with van der Waals surface area (Å²) in [6, 6.07) is 7.20. The fraction of sp³-hybridized carbons (Fsp3) is 0.571. The molecule has 0 aliphatic carbocycles. The number of aromatic nitrogens is 4. The van der Waals surface area contributed by atoms with Crippen LogP contribution in [0.25, 0.3) is 10.9 Å². The summed E-state index contributed by atoms with van der Waals surface area (Å²) in [5, 5.41) is 4.29. The fourth-order valence-corrected chi connectivity index (χ4v) is 5.49. The number of pyridine rings is 2. The molecule has 3 aromatic rings. The van der Waals surface area contributed by atoms with E-state index in [1.54, 1.807) is 6.20 Å². The third-order valence-electron chi connectivity index (χ3n) is 7.86. The van der Waals surface area contributed by atoms with Crippen LogP contribution in [0.3, 0.4) is 0 Å². The summed E-state index contributed by atoms with van der Waals surface area (Å²) in [6.07, 6.45) is 7.82. The number of piperidine rings is 1. The molecule has 6 rings (SSSR count). The van der Waals surface area contributed by atoms with E-state index in [0.717, 1.165) is 67.2 Å². The van der Waals surface area contributed by atoms with Gasteiger partial charge < -0.3 is 34.2 Å². The van der Waals surface area contributed by atoms with E-state index in [0.29, 0.717) is 44.3 Å². The molecule has 3 saturated heterocycles. The summed E-state index contributed by atoms with van der Waals surface area (Å²) < 4.78 is 17.2. The normalized spacial score (nSPS) is 19.6. The van der Waals surface area contributed by atoms with Gasteiger partial charge in [0.05, 0.1) is 50.0 Å².